The number of aromatic nitrogens is 4. The number of likely N-dealkylation sites (tertiary alicyclic amines) is 1. The van der Waals surface area contributed by atoms with Crippen LogP contribution in [0, 0.1) is 0 Å². The minimum absolute atomic E-state index is 0.145. The quantitative estimate of drug-likeness (QED) is 0.747. The van der Waals surface area contributed by atoms with Gasteiger partial charge < -0.3 is 4.74 Å². The molecule has 1 aliphatic carbocycles. The maximum Gasteiger partial charge on any atom is 0.153 e. The Morgan fingerprint density at radius 2 is 1.96 bits per heavy atom. The van der Waals surface area contributed by atoms with Crippen LogP contribution < -0.4 is 0 Å². The smallest absolute Gasteiger partial charge is 0.153 e. The molecule has 27 heavy (non-hydrogen) atoms. The maximum atomic E-state index is 5.28. The highest BCUT2D eigenvalue weighted by Crippen LogP contribution is 2.35. The van der Waals surface area contributed by atoms with Crippen LogP contribution >= 0.6 is 0 Å². The maximum absolute atomic E-state index is 5.28. The Morgan fingerprint density at radius 1 is 1.15 bits per heavy atom. The topological polar surface area (TPSA) is 56.1 Å². The third-order valence-corrected chi connectivity index (χ3v) is 5.90. The van der Waals surface area contributed by atoms with E-state index in [4.69, 9.17) is 14.8 Å². The molecule has 2 aromatic heterocycles. The van der Waals surface area contributed by atoms with E-state index in [1.807, 2.05) is 18.5 Å². The van der Waals surface area contributed by atoms with E-state index in [9.17, 15) is 0 Å². The van der Waals surface area contributed by atoms with Gasteiger partial charge in [0.2, 0.25) is 0 Å². The number of methoxy groups -OCH3 is 1. The van der Waals surface area contributed by atoms with Crippen molar-refractivity contribution < 1.29 is 4.74 Å². The Kier molecular flexibility index (Phi) is 6.14. The summed E-state index contributed by atoms with van der Waals surface area (Å²) in [5, 5.41) is 4.97. The fraction of sp³-hybridized carbons (Fsp3) is 0.667. The molecular formula is C21H31N5O. The van der Waals surface area contributed by atoms with Crippen molar-refractivity contribution in [2.75, 3.05) is 26.8 Å². The number of nitrogens with zero attached hydrogens (tertiary/aromatic N) is 5. The number of pyridine rings is 1. The first-order valence-electron chi connectivity index (χ1n) is 10.4. The van der Waals surface area contributed by atoms with Gasteiger partial charge in [0.1, 0.15) is 5.82 Å². The van der Waals surface area contributed by atoms with Gasteiger partial charge in [0.15, 0.2) is 5.82 Å². The third kappa shape index (κ3) is 4.22. The summed E-state index contributed by atoms with van der Waals surface area (Å²) in [6.45, 7) is 2.89. The van der Waals surface area contributed by atoms with Crippen LogP contribution in [0.25, 0.3) is 0 Å². The average molecular weight is 370 g/mol. The molecule has 0 amide bonds. The van der Waals surface area contributed by atoms with E-state index in [1.54, 1.807) is 7.11 Å². The van der Waals surface area contributed by atoms with Gasteiger partial charge >= 0.3 is 0 Å². The SMILES string of the molecule is COCCc1nc(C(c2cccnc2)N2CCCC2)n(C2CCCCC2)n1. The fourth-order valence-electron chi connectivity index (χ4n) is 4.52. The molecule has 4 rings (SSSR count). The molecule has 146 valence electrons. The molecule has 2 aliphatic rings. The first-order chi connectivity index (χ1) is 13.4. The van der Waals surface area contributed by atoms with Gasteiger partial charge in [0.05, 0.1) is 18.7 Å². The molecule has 1 saturated heterocycles. The highest BCUT2D eigenvalue weighted by atomic mass is 16.5. The summed E-state index contributed by atoms with van der Waals surface area (Å²) in [5.74, 6) is 2.01. The van der Waals surface area contributed by atoms with Gasteiger partial charge in [-0.1, -0.05) is 25.3 Å². The van der Waals surface area contributed by atoms with Crippen LogP contribution in [0.1, 0.15) is 74.2 Å². The predicted octanol–water partition coefficient (Wildman–Crippen LogP) is 3.55. The molecule has 1 aliphatic heterocycles. The van der Waals surface area contributed by atoms with E-state index >= 15 is 0 Å². The van der Waals surface area contributed by atoms with Crippen molar-refractivity contribution >= 4 is 0 Å². The largest absolute Gasteiger partial charge is 0.384 e. The summed E-state index contributed by atoms with van der Waals surface area (Å²) in [4.78, 5) is 12.0. The molecule has 0 radical (unpaired) electrons. The van der Waals surface area contributed by atoms with Crippen molar-refractivity contribution in [1.82, 2.24) is 24.6 Å². The van der Waals surface area contributed by atoms with Crippen molar-refractivity contribution in [3.8, 4) is 0 Å². The van der Waals surface area contributed by atoms with Crippen LogP contribution in [0.2, 0.25) is 0 Å². The second-order valence-corrected chi connectivity index (χ2v) is 7.80. The summed E-state index contributed by atoms with van der Waals surface area (Å²) in [5.41, 5.74) is 1.22. The van der Waals surface area contributed by atoms with Gasteiger partial charge in [0.25, 0.3) is 0 Å². The minimum Gasteiger partial charge on any atom is -0.384 e. The number of hydrogen-bond donors (Lipinski definition) is 0. The number of rotatable bonds is 7. The molecule has 0 N–H and O–H groups in total. The van der Waals surface area contributed by atoms with Gasteiger partial charge in [-0.15, -0.1) is 0 Å². The molecule has 3 heterocycles. The normalized spacial score (nSPS) is 20.2. The Balaban J connectivity index is 1.73. The van der Waals surface area contributed by atoms with Crippen LogP contribution in [-0.2, 0) is 11.2 Å². The van der Waals surface area contributed by atoms with Crippen LogP contribution in [0.5, 0.6) is 0 Å². The van der Waals surface area contributed by atoms with E-state index in [2.05, 4.69) is 20.6 Å². The lowest BCUT2D eigenvalue weighted by Crippen LogP contribution is -2.30. The second kappa shape index (κ2) is 8.93. The molecule has 0 bridgehead atoms. The zero-order valence-electron chi connectivity index (χ0n) is 16.4. The van der Waals surface area contributed by atoms with E-state index in [0.29, 0.717) is 12.6 Å². The predicted molar refractivity (Wildman–Crippen MR) is 105 cm³/mol. The van der Waals surface area contributed by atoms with E-state index in [0.717, 1.165) is 31.2 Å². The molecular weight excluding hydrogens is 338 g/mol. The molecule has 2 fully saturated rings. The van der Waals surface area contributed by atoms with Gasteiger partial charge in [-0.2, -0.15) is 5.10 Å². The molecule has 6 heteroatoms. The first kappa shape index (κ1) is 18.6. The van der Waals surface area contributed by atoms with Crippen molar-refractivity contribution in [1.29, 1.82) is 0 Å². The summed E-state index contributed by atoms with van der Waals surface area (Å²) in [7, 11) is 1.74. The highest BCUT2D eigenvalue weighted by Gasteiger charge is 2.32. The number of hydrogen-bond acceptors (Lipinski definition) is 5. The van der Waals surface area contributed by atoms with Crippen molar-refractivity contribution in [3.05, 3.63) is 41.7 Å². The molecule has 1 atom stereocenters. The molecule has 0 spiro atoms. The standard InChI is InChI=1S/C21H31N5O/c1-27-15-11-19-23-21(26(24-19)18-9-3-2-4-10-18)20(25-13-5-6-14-25)17-8-7-12-22-16-17/h7-8,12,16,18,20H,2-6,9-11,13-15H2,1H3. The molecule has 1 saturated carbocycles. The second-order valence-electron chi connectivity index (χ2n) is 7.80. The molecule has 6 nitrogen and oxygen atoms in total. The molecule has 0 aromatic carbocycles. The van der Waals surface area contributed by atoms with Crippen molar-refractivity contribution in [3.63, 3.8) is 0 Å². The molecule has 2 aromatic rings. The summed E-state index contributed by atoms with van der Waals surface area (Å²) in [6.07, 6.45) is 13.5. The van der Waals surface area contributed by atoms with Gasteiger partial charge in [-0.3, -0.25) is 9.88 Å². The summed E-state index contributed by atoms with van der Waals surface area (Å²) >= 11 is 0. The van der Waals surface area contributed by atoms with Gasteiger partial charge in [0, 0.05) is 25.9 Å². The highest BCUT2D eigenvalue weighted by molar-refractivity contribution is 5.23. The van der Waals surface area contributed by atoms with Crippen molar-refractivity contribution in [2.45, 2.75) is 63.5 Å². The lowest BCUT2D eigenvalue weighted by molar-refractivity contribution is 0.200. The fourth-order valence-corrected chi connectivity index (χ4v) is 4.52. The summed E-state index contributed by atoms with van der Waals surface area (Å²) < 4.78 is 7.54. The Bertz CT molecular complexity index is 705. The van der Waals surface area contributed by atoms with E-state index in [1.165, 1.54) is 50.5 Å². The van der Waals surface area contributed by atoms with Crippen molar-refractivity contribution in [2.24, 2.45) is 0 Å². The zero-order chi connectivity index (χ0) is 18.5. The lowest BCUT2D eigenvalue weighted by Gasteiger charge is -2.30. The number of ether oxygens (including phenoxy) is 1. The first-order valence-corrected chi connectivity index (χ1v) is 10.4. The lowest BCUT2D eigenvalue weighted by atomic mass is 9.95. The minimum atomic E-state index is 0.145. The monoisotopic (exact) mass is 369 g/mol. The third-order valence-electron chi connectivity index (χ3n) is 5.90. The van der Waals surface area contributed by atoms with E-state index in [-0.39, 0.29) is 6.04 Å². The van der Waals surface area contributed by atoms with Crippen LogP contribution in [0.4, 0.5) is 0 Å². The van der Waals surface area contributed by atoms with Crippen LogP contribution in [-0.4, -0.2) is 51.5 Å². The average Bonchev–Trinajstić information content (AvgIpc) is 3.39. The van der Waals surface area contributed by atoms with Crippen LogP contribution in [0.15, 0.2) is 24.5 Å². The Labute approximate surface area is 162 Å². The summed E-state index contributed by atoms with van der Waals surface area (Å²) in [6, 6.07) is 4.84. The van der Waals surface area contributed by atoms with Crippen LogP contribution in [0.3, 0.4) is 0 Å². The van der Waals surface area contributed by atoms with Gasteiger partial charge in [-0.25, -0.2) is 9.67 Å². The Hall–Kier alpha value is -1.79. The van der Waals surface area contributed by atoms with E-state index < -0.39 is 0 Å². The van der Waals surface area contributed by atoms with Gasteiger partial charge in [-0.05, 0) is 50.4 Å². The zero-order valence-corrected chi connectivity index (χ0v) is 16.4. The Morgan fingerprint density at radius 3 is 2.67 bits per heavy atom. The molecule has 1 unspecified atom stereocenters.